The van der Waals surface area contributed by atoms with Gasteiger partial charge in [0.15, 0.2) is 0 Å². The fourth-order valence-corrected chi connectivity index (χ4v) is 5.03. The molecule has 8 nitrogen and oxygen atoms in total. The second-order valence-electron chi connectivity index (χ2n) is 7.18. The summed E-state index contributed by atoms with van der Waals surface area (Å²) in [5.74, 6) is 0. The third-order valence-corrected chi connectivity index (χ3v) is 6.86. The zero-order valence-corrected chi connectivity index (χ0v) is 18.4. The molecule has 0 aliphatic rings. The minimum Gasteiger partial charge on any atom is -0.280 e. The molecule has 1 N–H and O–H groups in total. The highest BCUT2D eigenvalue weighted by Crippen LogP contribution is 2.29. The van der Waals surface area contributed by atoms with Gasteiger partial charge in [0, 0.05) is 41.8 Å². The summed E-state index contributed by atoms with van der Waals surface area (Å²) in [4.78, 5) is 4.47. The van der Waals surface area contributed by atoms with Gasteiger partial charge < -0.3 is 0 Å². The summed E-state index contributed by atoms with van der Waals surface area (Å²) in [6, 6.07) is 15.3. The van der Waals surface area contributed by atoms with Crippen molar-refractivity contribution in [2.24, 2.45) is 7.05 Å². The van der Waals surface area contributed by atoms with Crippen LogP contribution in [0.2, 0.25) is 5.02 Å². The van der Waals surface area contributed by atoms with Crippen LogP contribution in [0.15, 0.2) is 84.4 Å². The Morgan fingerprint density at radius 3 is 2.44 bits per heavy atom. The molecule has 0 bridgehead atoms. The quantitative estimate of drug-likeness (QED) is 0.419. The Hall–Kier alpha value is -3.69. The molecular formula is C22H17ClN6O2S. The maximum absolute atomic E-state index is 12.7. The third-order valence-electron chi connectivity index (χ3n) is 4.98. The van der Waals surface area contributed by atoms with Gasteiger partial charge in [-0.25, -0.2) is 17.9 Å². The number of hydrogen-bond donors (Lipinski definition) is 1. The minimum atomic E-state index is -3.80. The van der Waals surface area contributed by atoms with Crippen molar-refractivity contribution in [2.75, 3.05) is 4.72 Å². The predicted molar refractivity (Wildman–Crippen MR) is 123 cm³/mol. The van der Waals surface area contributed by atoms with E-state index in [1.165, 1.54) is 18.5 Å². The van der Waals surface area contributed by atoms with Crippen LogP contribution in [0, 0.1) is 0 Å². The highest BCUT2D eigenvalue weighted by atomic mass is 35.5. The zero-order valence-electron chi connectivity index (χ0n) is 16.8. The molecule has 5 aromatic rings. The monoisotopic (exact) mass is 464 g/mol. The van der Waals surface area contributed by atoms with Crippen LogP contribution in [-0.4, -0.2) is 32.8 Å². The van der Waals surface area contributed by atoms with Crippen LogP contribution in [0.3, 0.4) is 0 Å². The summed E-state index contributed by atoms with van der Waals surface area (Å²) in [7, 11) is -1.93. The van der Waals surface area contributed by atoms with Crippen molar-refractivity contribution in [1.82, 2.24) is 24.4 Å². The second-order valence-corrected chi connectivity index (χ2v) is 9.24. The maximum Gasteiger partial charge on any atom is 0.263 e. The summed E-state index contributed by atoms with van der Waals surface area (Å²) in [5, 5.41) is 8.68. The van der Waals surface area contributed by atoms with Crippen LogP contribution in [0.1, 0.15) is 0 Å². The molecule has 0 fully saturated rings. The molecule has 0 saturated heterocycles. The van der Waals surface area contributed by atoms with Gasteiger partial charge in [0.2, 0.25) is 0 Å². The largest absolute Gasteiger partial charge is 0.280 e. The highest BCUT2D eigenvalue weighted by Gasteiger charge is 2.18. The SMILES string of the molecule is Cn1cc(-c2cc3c(-c4ccc(NS(=O)(=O)c5ccccc5Cl)cc4)ncnn3c2)cn1. The van der Waals surface area contributed by atoms with E-state index < -0.39 is 10.0 Å². The molecule has 0 unspecified atom stereocenters. The van der Waals surface area contributed by atoms with Gasteiger partial charge in [-0.15, -0.1) is 0 Å². The summed E-state index contributed by atoms with van der Waals surface area (Å²) >= 11 is 6.04. The van der Waals surface area contributed by atoms with Crippen LogP contribution in [0.5, 0.6) is 0 Å². The second kappa shape index (κ2) is 7.77. The predicted octanol–water partition coefficient (Wildman–Crippen LogP) is 4.25. The summed E-state index contributed by atoms with van der Waals surface area (Å²) in [6.07, 6.45) is 7.14. The number of rotatable bonds is 5. The van der Waals surface area contributed by atoms with E-state index in [1.807, 2.05) is 37.6 Å². The molecule has 0 amide bonds. The minimum absolute atomic E-state index is 0.0272. The topological polar surface area (TPSA) is 94.2 Å². The van der Waals surface area contributed by atoms with Gasteiger partial charge in [0.05, 0.1) is 22.4 Å². The van der Waals surface area contributed by atoms with Gasteiger partial charge in [-0.05, 0) is 30.3 Å². The van der Waals surface area contributed by atoms with E-state index in [1.54, 1.807) is 39.7 Å². The Balaban J connectivity index is 1.46. The summed E-state index contributed by atoms with van der Waals surface area (Å²) in [5.41, 5.74) is 4.77. The lowest BCUT2D eigenvalue weighted by molar-refractivity contribution is 0.601. The van der Waals surface area contributed by atoms with Crippen molar-refractivity contribution in [3.05, 3.63) is 84.5 Å². The normalized spacial score (nSPS) is 11.7. The number of aryl methyl sites for hydroxylation is 1. The van der Waals surface area contributed by atoms with Crippen LogP contribution in [0.4, 0.5) is 5.69 Å². The van der Waals surface area contributed by atoms with Gasteiger partial charge in [-0.2, -0.15) is 10.2 Å². The molecule has 0 spiro atoms. The van der Waals surface area contributed by atoms with E-state index in [4.69, 9.17) is 11.6 Å². The fourth-order valence-electron chi connectivity index (χ4n) is 3.45. The first-order valence-corrected chi connectivity index (χ1v) is 11.5. The molecule has 0 saturated carbocycles. The van der Waals surface area contributed by atoms with Gasteiger partial charge in [-0.3, -0.25) is 9.40 Å². The Labute approximate surface area is 189 Å². The van der Waals surface area contributed by atoms with E-state index in [9.17, 15) is 8.42 Å². The summed E-state index contributed by atoms with van der Waals surface area (Å²) in [6.45, 7) is 0. The molecule has 160 valence electrons. The molecular weight excluding hydrogens is 448 g/mol. The Morgan fingerprint density at radius 1 is 0.938 bits per heavy atom. The van der Waals surface area contributed by atoms with Crippen molar-refractivity contribution in [1.29, 1.82) is 0 Å². The van der Waals surface area contributed by atoms with Crippen LogP contribution >= 0.6 is 11.6 Å². The van der Waals surface area contributed by atoms with E-state index in [0.717, 1.165) is 27.9 Å². The molecule has 10 heteroatoms. The lowest BCUT2D eigenvalue weighted by Gasteiger charge is -2.10. The highest BCUT2D eigenvalue weighted by molar-refractivity contribution is 7.92. The number of sulfonamides is 1. The smallest absolute Gasteiger partial charge is 0.263 e. The lowest BCUT2D eigenvalue weighted by Crippen LogP contribution is -2.13. The molecule has 0 aliphatic heterocycles. The number of fused-ring (bicyclic) bond motifs is 1. The van der Waals surface area contributed by atoms with Gasteiger partial charge in [-0.1, -0.05) is 35.9 Å². The van der Waals surface area contributed by atoms with Crippen molar-refractivity contribution in [3.8, 4) is 22.4 Å². The molecule has 0 aliphatic carbocycles. The third kappa shape index (κ3) is 3.72. The van der Waals surface area contributed by atoms with Gasteiger partial charge in [0.1, 0.15) is 11.2 Å². The van der Waals surface area contributed by atoms with Crippen molar-refractivity contribution in [2.45, 2.75) is 4.90 Å². The van der Waals surface area contributed by atoms with E-state index in [2.05, 4.69) is 19.9 Å². The number of nitrogens with zero attached hydrogens (tertiary/aromatic N) is 5. The number of anilines is 1. The van der Waals surface area contributed by atoms with Gasteiger partial charge in [0.25, 0.3) is 10.0 Å². The van der Waals surface area contributed by atoms with E-state index >= 15 is 0 Å². The Morgan fingerprint density at radius 2 is 1.72 bits per heavy atom. The number of benzene rings is 2. The molecule has 3 aromatic heterocycles. The van der Waals surface area contributed by atoms with Crippen LogP contribution in [-0.2, 0) is 17.1 Å². The molecule has 0 radical (unpaired) electrons. The van der Waals surface area contributed by atoms with Gasteiger partial charge >= 0.3 is 0 Å². The molecule has 2 aromatic carbocycles. The lowest BCUT2D eigenvalue weighted by atomic mass is 10.1. The standard InChI is InChI=1S/C22H17ClN6O2S/c1-28-12-17(11-25-28)16-10-20-22(24-14-26-29(20)13-16)15-6-8-18(9-7-15)27-32(30,31)21-5-3-2-4-19(21)23/h2-14,27H,1H3. The molecule has 5 rings (SSSR count). The first-order valence-electron chi connectivity index (χ1n) is 9.61. The number of nitrogens with one attached hydrogen (secondary N) is 1. The average molecular weight is 465 g/mol. The Kier molecular flexibility index (Phi) is 4.91. The number of halogens is 1. The van der Waals surface area contributed by atoms with Crippen LogP contribution < -0.4 is 4.72 Å². The zero-order chi connectivity index (χ0) is 22.3. The molecule has 3 heterocycles. The van der Waals surface area contributed by atoms with E-state index in [0.29, 0.717) is 5.69 Å². The van der Waals surface area contributed by atoms with Crippen molar-refractivity contribution >= 4 is 32.8 Å². The number of hydrogen-bond acceptors (Lipinski definition) is 5. The van der Waals surface area contributed by atoms with E-state index in [-0.39, 0.29) is 9.92 Å². The first kappa shape index (κ1) is 20.2. The first-order chi connectivity index (χ1) is 15.4. The van der Waals surface area contributed by atoms with Crippen molar-refractivity contribution in [3.63, 3.8) is 0 Å². The summed E-state index contributed by atoms with van der Waals surface area (Å²) < 4.78 is 31.4. The van der Waals surface area contributed by atoms with Crippen molar-refractivity contribution < 1.29 is 8.42 Å². The maximum atomic E-state index is 12.7. The van der Waals surface area contributed by atoms with Crippen LogP contribution in [0.25, 0.3) is 27.9 Å². The molecule has 0 atom stereocenters. The Bertz CT molecular complexity index is 1540. The fraction of sp³-hybridized carbons (Fsp3) is 0.0455. The average Bonchev–Trinajstić information content (AvgIpc) is 3.40. The molecule has 32 heavy (non-hydrogen) atoms. The number of aromatic nitrogens is 5.